The minimum absolute atomic E-state index is 0.102. The molecule has 39 heavy (non-hydrogen) atoms. The number of carbonyl (C=O) groups is 1. The lowest BCUT2D eigenvalue weighted by Gasteiger charge is -2.27. The average molecular weight is 558 g/mol. The van der Waals surface area contributed by atoms with Crippen LogP contribution >= 0.6 is 11.6 Å². The average Bonchev–Trinajstić information content (AvgIpc) is 3.71. The Labute approximate surface area is 228 Å². The number of hydrogen-bond donors (Lipinski definition) is 3. The Morgan fingerprint density at radius 2 is 1.97 bits per heavy atom. The molecule has 12 heteroatoms. The van der Waals surface area contributed by atoms with Gasteiger partial charge in [0.25, 0.3) is 11.9 Å². The lowest BCUT2D eigenvalue weighted by molar-refractivity contribution is 0.00706. The fraction of sp³-hybridized carbons (Fsp3) is 0.519. The van der Waals surface area contributed by atoms with Crippen molar-refractivity contribution in [1.82, 2.24) is 19.9 Å². The van der Waals surface area contributed by atoms with Crippen molar-refractivity contribution in [2.24, 2.45) is 0 Å². The number of aliphatic hydroxyl groups excluding tert-OH is 1. The first kappa shape index (κ1) is 25.0. The number of fused-ring (bicyclic) bond motifs is 3. The molecule has 3 aromatic rings. The number of halogens is 2. The molecule has 0 radical (unpaired) electrons. The van der Waals surface area contributed by atoms with Crippen molar-refractivity contribution in [2.75, 3.05) is 31.6 Å². The summed E-state index contributed by atoms with van der Waals surface area (Å²) in [5.41, 5.74) is 2.76. The standard InChI is InChI=1S/C27H29ClFN5O5/c28-15-10-18-25(33-27(31-18)39-20-12-38-22-19(35)11-37-23(20)22)32-24(15)30-17-5-4-13-8-14(9-16(29)21(13)17)26(36)34-6-2-1-3-7-34/h8-10,17,19-20,22-23,35H,1-7,11-12H2,(H2,30,31,32,33)/t17?,19-,20-,22-,23-/m1/s1. The summed E-state index contributed by atoms with van der Waals surface area (Å²) in [6, 6.07) is 4.79. The zero-order chi connectivity index (χ0) is 26.7. The van der Waals surface area contributed by atoms with Crippen molar-refractivity contribution < 1.29 is 28.5 Å². The molecule has 5 atom stereocenters. The first-order valence-electron chi connectivity index (χ1n) is 13.5. The fourth-order valence-corrected chi connectivity index (χ4v) is 6.38. The largest absolute Gasteiger partial charge is 0.456 e. The summed E-state index contributed by atoms with van der Waals surface area (Å²) >= 11 is 6.54. The van der Waals surface area contributed by atoms with Gasteiger partial charge in [0.2, 0.25) is 0 Å². The summed E-state index contributed by atoms with van der Waals surface area (Å²) in [7, 11) is 0. The molecule has 1 aromatic carbocycles. The van der Waals surface area contributed by atoms with Gasteiger partial charge in [-0.2, -0.15) is 4.98 Å². The molecule has 0 spiro atoms. The number of rotatable bonds is 5. The van der Waals surface area contributed by atoms with Gasteiger partial charge >= 0.3 is 0 Å². The maximum atomic E-state index is 15.4. The highest BCUT2D eigenvalue weighted by Crippen LogP contribution is 2.38. The number of H-pyrrole nitrogens is 1. The van der Waals surface area contributed by atoms with E-state index in [-0.39, 0.29) is 37.3 Å². The number of piperidine rings is 1. The third kappa shape index (κ3) is 4.51. The van der Waals surface area contributed by atoms with E-state index in [9.17, 15) is 9.90 Å². The van der Waals surface area contributed by atoms with Gasteiger partial charge in [0.15, 0.2) is 11.8 Å². The Morgan fingerprint density at radius 3 is 2.82 bits per heavy atom. The molecule has 0 bridgehead atoms. The van der Waals surface area contributed by atoms with E-state index in [0.717, 1.165) is 37.9 Å². The van der Waals surface area contributed by atoms with Gasteiger partial charge in [0.1, 0.15) is 29.9 Å². The van der Waals surface area contributed by atoms with E-state index in [0.29, 0.717) is 46.0 Å². The Hall–Kier alpha value is -2.99. The quantitative estimate of drug-likeness (QED) is 0.436. The number of benzene rings is 1. The molecule has 5 heterocycles. The maximum absolute atomic E-state index is 15.4. The number of aryl methyl sites for hydroxylation is 1. The fourth-order valence-electron chi connectivity index (χ4n) is 6.17. The highest BCUT2D eigenvalue weighted by molar-refractivity contribution is 6.33. The number of hydrogen-bond acceptors (Lipinski definition) is 8. The zero-order valence-electron chi connectivity index (χ0n) is 21.2. The lowest BCUT2D eigenvalue weighted by atomic mass is 10.0. The first-order chi connectivity index (χ1) is 18.9. The Morgan fingerprint density at radius 1 is 1.15 bits per heavy atom. The van der Waals surface area contributed by atoms with Gasteiger partial charge in [-0.05, 0) is 55.9 Å². The van der Waals surface area contributed by atoms with Crippen LogP contribution in [-0.4, -0.2) is 81.6 Å². The Balaban J connectivity index is 1.09. The molecule has 10 nitrogen and oxygen atoms in total. The number of carbonyl (C=O) groups excluding carboxylic acids is 1. The van der Waals surface area contributed by atoms with Crippen LogP contribution in [0.4, 0.5) is 10.2 Å². The van der Waals surface area contributed by atoms with Gasteiger partial charge in [0, 0.05) is 24.2 Å². The summed E-state index contributed by atoms with van der Waals surface area (Å²) in [4.78, 5) is 26.8. The molecule has 206 valence electrons. The van der Waals surface area contributed by atoms with Crippen molar-refractivity contribution in [2.45, 2.75) is 62.6 Å². The molecule has 3 aliphatic heterocycles. The molecule has 1 aliphatic carbocycles. The summed E-state index contributed by atoms with van der Waals surface area (Å²) in [5.74, 6) is -0.110. The topological polar surface area (TPSA) is 122 Å². The smallest absolute Gasteiger partial charge is 0.296 e. The molecule has 1 amide bonds. The number of ether oxygens (including phenoxy) is 3. The normalized spacial score (nSPS) is 28.1. The Bertz CT molecular complexity index is 1430. The molecule has 1 unspecified atom stereocenters. The van der Waals surface area contributed by atoms with E-state index in [4.69, 9.17) is 25.8 Å². The van der Waals surface area contributed by atoms with Crippen LogP contribution < -0.4 is 10.1 Å². The van der Waals surface area contributed by atoms with Gasteiger partial charge in [-0.15, -0.1) is 0 Å². The van der Waals surface area contributed by atoms with Crippen molar-refractivity contribution in [3.05, 3.63) is 45.7 Å². The van der Waals surface area contributed by atoms with Gasteiger partial charge in [-0.3, -0.25) is 4.79 Å². The van der Waals surface area contributed by atoms with Crippen LogP contribution in [0.3, 0.4) is 0 Å². The van der Waals surface area contributed by atoms with Crippen LogP contribution in [0.1, 0.15) is 53.2 Å². The molecule has 0 saturated carbocycles. The second-order valence-electron chi connectivity index (χ2n) is 10.7. The first-order valence-corrected chi connectivity index (χ1v) is 13.8. The number of nitrogens with one attached hydrogen (secondary N) is 2. The highest BCUT2D eigenvalue weighted by Gasteiger charge is 2.48. The number of pyridine rings is 1. The Kier molecular flexibility index (Phi) is 6.34. The van der Waals surface area contributed by atoms with Crippen molar-refractivity contribution in [1.29, 1.82) is 0 Å². The van der Waals surface area contributed by atoms with Gasteiger partial charge < -0.3 is 34.5 Å². The summed E-state index contributed by atoms with van der Waals surface area (Å²) in [6.07, 6.45) is 2.55. The maximum Gasteiger partial charge on any atom is 0.296 e. The molecule has 7 rings (SSSR count). The molecule has 3 saturated heterocycles. The van der Waals surface area contributed by atoms with Gasteiger partial charge in [0.05, 0.1) is 29.8 Å². The van der Waals surface area contributed by atoms with E-state index >= 15 is 4.39 Å². The minimum Gasteiger partial charge on any atom is -0.456 e. The van der Waals surface area contributed by atoms with Crippen LogP contribution in [0.2, 0.25) is 5.02 Å². The number of amides is 1. The van der Waals surface area contributed by atoms with E-state index in [2.05, 4.69) is 20.3 Å². The molecule has 4 aliphatic rings. The van der Waals surface area contributed by atoms with E-state index in [1.807, 2.05) is 11.0 Å². The number of aliphatic hydroxyl groups is 1. The second-order valence-corrected chi connectivity index (χ2v) is 11.1. The minimum atomic E-state index is -0.666. The van der Waals surface area contributed by atoms with Crippen molar-refractivity contribution in [3.63, 3.8) is 0 Å². The van der Waals surface area contributed by atoms with Gasteiger partial charge in [-0.25, -0.2) is 9.37 Å². The molecule has 2 aromatic heterocycles. The number of likely N-dealkylation sites (tertiary alicyclic amines) is 1. The second kappa shape index (κ2) is 9.88. The molecular weight excluding hydrogens is 529 g/mol. The summed E-state index contributed by atoms with van der Waals surface area (Å²) in [5, 5.41) is 13.6. The molecule has 3 fully saturated rings. The number of aromatic nitrogens is 3. The van der Waals surface area contributed by atoms with Crippen molar-refractivity contribution >= 4 is 34.5 Å². The summed E-state index contributed by atoms with van der Waals surface area (Å²) in [6.45, 7) is 1.94. The molecular formula is C27H29ClFN5O5. The number of anilines is 1. The van der Waals surface area contributed by atoms with E-state index < -0.39 is 24.1 Å². The van der Waals surface area contributed by atoms with Crippen LogP contribution in [0, 0.1) is 5.82 Å². The van der Waals surface area contributed by atoms with Crippen LogP contribution in [0.5, 0.6) is 6.01 Å². The predicted octanol–water partition coefficient (Wildman–Crippen LogP) is 3.38. The number of aromatic amines is 1. The van der Waals surface area contributed by atoms with Crippen molar-refractivity contribution in [3.8, 4) is 6.01 Å². The monoisotopic (exact) mass is 557 g/mol. The number of nitrogens with zero attached hydrogens (tertiary/aromatic N) is 3. The van der Waals surface area contributed by atoms with Crippen LogP contribution in [-0.2, 0) is 15.9 Å². The zero-order valence-corrected chi connectivity index (χ0v) is 21.9. The highest BCUT2D eigenvalue weighted by atomic mass is 35.5. The van der Waals surface area contributed by atoms with E-state index in [1.54, 1.807) is 6.07 Å². The lowest BCUT2D eigenvalue weighted by Crippen LogP contribution is -2.35. The molecule has 3 N–H and O–H groups in total. The summed E-state index contributed by atoms with van der Waals surface area (Å²) < 4.78 is 32.5. The van der Waals surface area contributed by atoms with Gasteiger partial charge in [-0.1, -0.05) is 11.6 Å². The number of imidazole rings is 1. The van der Waals surface area contributed by atoms with Crippen LogP contribution in [0.15, 0.2) is 18.2 Å². The van der Waals surface area contributed by atoms with Crippen LogP contribution in [0.25, 0.3) is 11.2 Å². The predicted molar refractivity (Wildman–Crippen MR) is 140 cm³/mol. The third-order valence-corrected chi connectivity index (χ3v) is 8.41. The third-order valence-electron chi connectivity index (χ3n) is 8.12. The van der Waals surface area contributed by atoms with E-state index in [1.165, 1.54) is 6.07 Å². The SMILES string of the molecule is O=C(c1cc(F)c2c(c1)CCC2Nc1nc2nc(O[C@@H]3CO[C@H]4[C@@H]3OC[C@H]4O)[nH]c2cc1Cl)N1CCCCC1.